The van der Waals surface area contributed by atoms with Gasteiger partial charge in [0.25, 0.3) is 0 Å². The molecule has 0 spiro atoms. The molecule has 1 atom stereocenters. The van der Waals surface area contributed by atoms with Crippen molar-refractivity contribution < 1.29 is 18.0 Å². The third-order valence-electron chi connectivity index (χ3n) is 6.12. The zero-order valence-corrected chi connectivity index (χ0v) is 22.0. The molecule has 3 aromatic rings. The van der Waals surface area contributed by atoms with Gasteiger partial charge in [0.1, 0.15) is 12.6 Å². The van der Waals surface area contributed by atoms with Gasteiger partial charge in [-0.3, -0.25) is 13.9 Å². The van der Waals surface area contributed by atoms with Gasteiger partial charge in [0.15, 0.2) is 0 Å². The Morgan fingerprint density at radius 2 is 1.50 bits per heavy atom. The smallest absolute Gasteiger partial charge is 0.244 e. The first-order valence-electron chi connectivity index (χ1n) is 11.7. The number of benzene rings is 3. The third-order valence-corrected chi connectivity index (χ3v) is 7.26. The van der Waals surface area contributed by atoms with Crippen molar-refractivity contribution in [3.05, 3.63) is 101 Å². The lowest BCUT2D eigenvalue weighted by molar-refractivity contribution is -0.139. The van der Waals surface area contributed by atoms with Crippen molar-refractivity contribution in [1.29, 1.82) is 0 Å². The quantitative estimate of drug-likeness (QED) is 0.455. The van der Waals surface area contributed by atoms with Crippen molar-refractivity contribution >= 4 is 27.5 Å². The Balaban J connectivity index is 2.03. The van der Waals surface area contributed by atoms with Gasteiger partial charge in [0.05, 0.1) is 11.9 Å². The molecular formula is C28H33N3O4S. The number of nitrogens with zero attached hydrogens (tertiary/aromatic N) is 2. The number of likely N-dealkylation sites (N-methyl/N-ethyl adjacent to an activating group) is 1. The molecule has 0 saturated heterocycles. The number of anilines is 1. The van der Waals surface area contributed by atoms with E-state index in [4.69, 9.17) is 0 Å². The summed E-state index contributed by atoms with van der Waals surface area (Å²) in [6, 6.07) is 23.2. The third kappa shape index (κ3) is 6.95. The van der Waals surface area contributed by atoms with Crippen LogP contribution in [0.5, 0.6) is 0 Å². The molecule has 7 nitrogen and oxygen atoms in total. The van der Waals surface area contributed by atoms with E-state index in [2.05, 4.69) is 5.32 Å². The Bertz CT molecular complexity index is 1290. The van der Waals surface area contributed by atoms with E-state index in [0.29, 0.717) is 12.1 Å². The minimum absolute atomic E-state index is 0.169. The fraction of sp³-hybridized carbons (Fsp3) is 0.286. The molecular weight excluding hydrogens is 474 g/mol. The van der Waals surface area contributed by atoms with Crippen LogP contribution in [0.15, 0.2) is 78.9 Å². The summed E-state index contributed by atoms with van der Waals surface area (Å²) in [5.41, 5.74) is 4.12. The molecule has 0 aliphatic carbocycles. The number of hydrogen-bond donors (Lipinski definition) is 1. The van der Waals surface area contributed by atoms with Gasteiger partial charge in [-0.25, -0.2) is 8.42 Å². The van der Waals surface area contributed by atoms with Gasteiger partial charge in [-0.15, -0.1) is 0 Å². The Hall–Kier alpha value is -3.65. The number of nitrogens with one attached hydrogen (secondary N) is 1. The fourth-order valence-electron chi connectivity index (χ4n) is 4.02. The molecule has 0 unspecified atom stereocenters. The van der Waals surface area contributed by atoms with E-state index in [-0.39, 0.29) is 12.5 Å². The van der Waals surface area contributed by atoms with E-state index in [9.17, 15) is 18.0 Å². The summed E-state index contributed by atoms with van der Waals surface area (Å²) >= 11 is 0. The molecule has 0 radical (unpaired) electrons. The van der Waals surface area contributed by atoms with E-state index in [1.807, 2.05) is 68.4 Å². The molecule has 190 valence electrons. The SMILES string of the molecule is CNC(=O)[C@@H](Cc1ccccc1)N(Cc1ccccc1C)C(=O)CN(c1ccc(C)cc1)S(C)(=O)=O. The van der Waals surface area contributed by atoms with Gasteiger partial charge >= 0.3 is 0 Å². The largest absolute Gasteiger partial charge is 0.357 e. The molecule has 0 aromatic heterocycles. The summed E-state index contributed by atoms with van der Waals surface area (Å²) < 4.78 is 26.5. The predicted molar refractivity (Wildman–Crippen MR) is 143 cm³/mol. The number of sulfonamides is 1. The second-order valence-corrected chi connectivity index (χ2v) is 10.8. The van der Waals surface area contributed by atoms with E-state index < -0.39 is 28.5 Å². The van der Waals surface area contributed by atoms with Gasteiger partial charge in [-0.1, -0.05) is 72.3 Å². The van der Waals surface area contributed by atoms with Crippen molar-refractivity contribution in [1.82, 2.24) is 10.2 Å². The minimum atomic E-state index is -3.77. The highest BCUT2D eigenvalue weighted by Crippen LogP contribution is 2.21. The topological polar surface area (TPSA) is 86.8 Å². The predicted octanol–water partition coefficient (Wildman–Crippen LogP) is 3.46. The summed E-state index contributed by atoms with van der Waals surface area (Å²) in [5, 5.41) is 2.68. The highest BCUT2D eigenvalue weighted by atomic mass is 32.2. The summed E-state index contributed by atoms with van der Waals surface area (Å²) in [6.07, 6.45) is 1.37. The summed E-state index contributed by atoms with van der Waals surface area (Å²) in [6.45, 7) is 3.60. The standard InChI is InChI=1S/C28H33N3O4S/c1-21-14-16-25(17-15-21)31(36(4,34)35)20-27(32)30(19-24-13-9-8-10-22(24)2)26(28(33)29-3)18-23-11-6-5-7-12-23/h5-17,26H,18-20H2,1-4H3,(H,29,33)/t26-/m1/s1. The van der Waals surface area contributed by atoms with Crippen molar-refractivity contribution in [2.45, 2.75) is 32.9 Å². The first-order valence-corrected chi connectivity index (χ1v) is 13.6. The van der Waals surface area contributed by atoms with Crippen molar-refractivity contribution in [3.8, 4) is 0 Å². The lowest BCUT2D eigenvalue weighted by atomic mass is 10.0. The van der Waals surface area contributed by atoms with E-state index in [1.54, 1.807) is 24.3 Å². The average Bonchev–Trinajstić information content (AvgIpc) is 2.85. The molecule has 0 bridgehead atoms. The number of amides is 2. The molecule has 2 amide bonds. The normalized spacial score (nSPS) is 12.0. The maximum Gasteiger partial charge on any atom is 0.244 e. The Morgan fingerprint density at radius 1 is 0.889 bits per heavy atom. The van der Waals surface area contributed by atoms with Gasteiger partial charge in [-0.05, 0) is 42.7 Å². The Morgan fingerprint density at radius 3 is 2.08 bits per heavy atom. The van der Waals surface area contributed by atoms with E-state index in [1.165, 1.54) is 11.9 Å². The van der Waals surface area contributed by atoms with Crippen LogP contribution in [0.2, 0.25) is 0 Å². The average molecular weight is 508 g/mol. The number of hydrogen-bond acceptors (Lipinski definition) is 4. The number of rotatable bonds is 10. The zero-order chi connectivity index (χ0) is 26.3. The summed E-state index contributed by atoms with van der Waals surface area (Å²) in [4.78, 5) is 28.4. The highest BCUT2D eigenvalue weighted by Gasteiger charge is 2.32. The van der Waals surface area contributed by atoms with Gasteiger partial charge < -0.3 is 10.2 Å². The van der Waals surface area contributed by atoms with Crippen LogP contribution in [0.25, 0.3) is 0 Å². The van der Waals surface area contributed by atoms with Gasteiger partial charge in [0, 0.05) is 20.0 Å². The maximum absolute atomic E-state index is 13.8. The molecule has 0 fully saturated rings. The van der Waals surface area contributed by atoms with Crippen molar-refractivity contribution in [2.24, 2.45) is 0 Å². The van der Waals surface area contributed by atoms with Crippen LogP contribution in [0.4, 0.5) is 5.69 Å². The first kappa shape index (κ1) is 26.9. The minimum Gasteiger partial charge on any atom is -0.357 e. The molecule has 0 saturated carbocycles. The second kappa shape index (κ2) is 11.9. The van der Waals surface area contributed by atoms with Crippen LogP contribution in [0.1, 0.15) is 22.3 Å². The van der Waals surface area contributed by atoms with Gasteiger partial charge in [0.2, 0.25) is 21.8 Å². The van der Waals surface area contributed by atoms with Crippen LogP contribution in [0, 0.1) is 13.8 Å². The molecule has 36 heavy (non-hydrogen) atoms. The monoisotopic (exact) mass is 507 g/mol. The van der Waals surface area contributed by atoms with E-state index in [0.717, 1.165) is 32.8 Å². The number of carbonyl (C=O) groups is 2. The van der Waals surface area contributed by atoms with Crippen LogP contribution < -0.4 is 9.62 Å². The lowest BCUT2D eigenvalue weighted by Gasteiger charge is -2.33. The van der Waals surface area contributed by atoms with Crippen molar-refractivity contribution in [2.75, 3.05) is 24.2 Å². The number of aryl methyl sites for hydroxylation is 2. The van der Waals surface area contributed by atoms with Crippen LogP contribution >= 0.6 is 0 Å². The molecule has 3 aromatic carbocycles. The second-order valence-electron chi connectivity index (χ2n) is 8.87. The van der Waals surface area contributed by atoms with Crippen LogP contribution in [-0.4, -0.2) is 51.0 Å². The van der Waals surface area contributed by atoms with Crippen molar-refractivity contribution in [3.63, 3.8) is 0 Å². The molecule has 1 N–H and O–H groups in total. The van der Waals surface area contributed by atoms with Crippen LogP contribution in [-0.2, 0) is 32.6 Å². The molecule has 0 aliphatic heterocycles. The molecule has 8 heteroatoms. The molecule has 0 heterocycles. The number of carbonyl (C=O) groups excluding carboxylic acids is 2. The Labute approximate surface area is 213 Å². The maximum atomic E-state index is 13.8. The highest BCUT2D eigenvalue weighted by molar-refractivity contribution is 7.92. The molecule has 3 rings (SSSR count). The van der Waals surface area contributed by atoms with Crippen LogP contribution in [0.3, 0.4) is 0 Å². The summed E-state index contributed by atoms with van der Waals surface area (Å²) in [7, 11) is -2.23. The Kier molecular flexibility index (Phi) is 8.88. The van der Waals surface area contributed by atoms with Gasteiger partial charge in [-0.2, -0.15) is 0 Å². The fourth-order valence-corrected chi connectivity index (χ4v) is 4.87. The molecule has 0 aliphatic rings. The lowest BCUT2D eigenvalue weighted by Crippen LogP contribution is -2.53. The first-order chi connectivity index (χ1) is 17.1. The zero-order valence-electron chi connectivity index (χ0n) is 21.1. The summed E-state index contributed by atoms with van der Waals surface area (Å²) in [5.74, 6) is -0.782. The van der Waals surface area contributed by atoms with E-state index >= 15 is 0 Å².